The Kier molecular flexibility index (Phi) is 3.61. The predicted molar refractivity (Wildman–Crippen MR) is 108 cm³/mol. The standard InChI is InChI=1S/C23H13NO5/c25-15-5-7-17-19(11-15)29-20-12-16(26)6-8-18(20)23(17)13-1-3-14(4-2-13)24-21(27)9-10-22(24)28/h1-12,25H. The Balaban J connectivity index is 1.72. The topological polar surface area (TPSA) is 87.8 Å². The van der Waals surface area contributed by atoms with Crippen molar-refractivity contribution in [3.05, 3.63) is 83.0 Å². The third-order valence-corrected chi connectivity index (χ3v) is 4.90. The number of benzene rings is 3. The molecule has 3 aliphatic rings. The molecule has 0 saturated carbocycles. The SMILES string of the molecule is O=C1C=CC(=O)N1c1ccc(-c2c3ccc(=O)cc-3oc3cc(O)ccc23)cc1. The molecule has 0 aromatic heterocycles. The largest absolute Gasteiger partial charge is 0.508 e. The van der Waals surface area contributed by atoms with E-state index in [1.807, 2.05) is 0 Å². The van der Waals surface area contributed by atoms with Crippen molar-refractivity contribution < 1.29 is 19.1 Å². The van der Waals surface area contributed by atoms with E-state index in [2.05, 4.69) is 0 Å². The van der Waals surface area contributed by atoms with Crippen LogP contribution < -0.4 is 10.3 Å². The molecule has 0 radical (unpaired) electrons. The van der Waals surface area contributed by atoms with Crippen molar-refractivity contribution in [2.75, 3.05) is 4.90 Å². The van der Waals surface area contributed by atoms with Gasteiger partial charge in [0.2, 0.25) is 0 Å². The molecule has 140 valence electrons. The average Bonchev–Trinajstić information content (AvgIpc) is 3.04. The molecule has 0 fully saturated rings. The zero-order valence-electron chi connectivity index (χ0n) is 15.0. The lowest BCUT2D eigenvalue weighted by Crippen LogP contribution is -2.29. The predicted octanol–water partition coefficient (Wildman–Crippen LogP) is 3.70. The van der Waals surface area contributed by atoms with E-state index in [4.69, 9.17) is 4.42 Å². The summed E-state index contributed by atoms with van der Waals surface area (Å²) in [6.45, 7) is 0. The number of fused-ring (bicyclic) bond motifs is 2. The van der Waals surface area contributed by atoms with Gasteiger partial charge >= 0.3 is 0 Å². The number of hydrogen-bond donors (Lipinski definition) is 1. The van der Waals surface area contributed by atoms with Gasteiger partial charge in [-0.05, 0) is 42.0 Å². The maximum Gasteiger partial charge on any atom is 0.258 e. The Bertz CT molecular complexity index is 1350. The second-order valence-electron chi connectivity index (χ2n) is 6.71. The average molecular weight is 383 g/mol. The number of anilines is 1. The number of aromatic hydroxyl groups is 1. The summed E-state index contributed by atoms with van der Waals surface area (Å²) in [6.07, 6.45) is 2.48. The molecule has 2 aromatic carbocycles. The van der Waals surface area contributed by atoms with E-state index in [0.717, 1.165) is 27.0 Å². The quantitative estimate of drug-likeness (QED) is 0.421. The molecule has 29 heavy (non-hydrogen) atoms. The first-order valence-electron chi connectivity index (χ1n) is 8.87. The van der Waals surface area contributed by atoms with Crippen molar-refractivity contribution >= 4 is 28.5 Å². The molecule has 0 bridgehead atoms. The van der Waals surface area contributed by atoms with Crippen LogP contribution in [0.15, 0.2) is 82.0 Å². The first-order chi connectivity index (χ1) is 14.0. The number of amides is 2. The molecular weight excluding hydrogens is 370 g/mol. The summed E-state index contributed by atoms with van der Waals surface area (Å²) in [5, 5.41) is 10.6. The highest BCUT2D eigenvalue weighted by Crippen LogP contribution is 2.41. The van der Waals surface area contributed by atoms with Gasteiger partial charge in [-0.15, -0.1) is 0 Å². The van der Waals surface area contributed by atoms with E-state index in [1.165, 1.54) is 30.4 Å². The van der Waals surface area contributed by atoms with E-state index in [0.29, 0.717) is 17.0 Å². The Morgan fingerprint density at radius 1 is 0.793 bits per heavy atom. The molecule has 0 atom stereocenters. The molecule has 1 N–H and O–H groups in total. The van der Waals surface area contributed by atoms with Crippen LogP contribution in [0.2, 0.25) is 0 Å². The number of nitrogens with zero attached hydrogens (tertiary/aromatic N) is 1. The highest BCUT2D eigenvalue weighted by Gasteiger charge is 2.25. The van der Waals surface area contributed by atoms with Gasteiger partial charge in [-0.3, -0.25) is 14.4 Å². The highest BCUT2D eigenvalue weighted by atomic mass is 16.3. The van der Waals surface area contributed by atoms with Crippen LogP contribution >= 0.6 is 0 Å². The van der Waals surface area contributed by atoms with Crippen molar-refractivity contribution in [1.82, 2.24) is 0 Å². The molecule has 2 aromatic rings. The van der Waals surface area contributed by atoms with Crippen LogP contribution in [0.5, 0.6) is 5.75 Å². The van der Waals surface area contributed by atoms with E-state index in [-0.39, 0.29) is 23.0 Å². The summed E-state index contributed by atoms with van der Waals surface area (Å²) in [6, 6.07) is 16.4. The minimum atomic E-state index is -0.379. The smallest absolute Gasteiger partial charge is 0.258 e. The van der Waals surface area contributed by atoms with Crippen molar-refractivity contribution in [3.63, 3.8) is 0 Å². The molecule has 2 amide bonds. The Labute approximate surface area is 164 Å². The van der Waals surface area contributed by atoms with Crippen LogP contribution in [0.3, 0.4) is 0 Å². The molecule has 6 heteroatoms. The zero-order valence-corrected chi connectivity index (χ0v) is 15.0. The van der Waals surface area contributed by atoms with E-state index in [1.54, 1.807) is 42.5 Å². The molecule has 2 heterocycles. The molecule has 2 aliphatic heterocycles. The summed E-state index contributed by atoms with van der Waals surface area (Å²) < 4.78 is 5.84. The summed E-state index contributed by atoms with van der Waals surface area (Å²) in [4.78, 5) is 36.7. The van der Waals surface area contributed by atoms with Crippen LogP contribution in [0.25, 0.3) is 33.4 Å². The first kappa shape index (κ1) is 16.9. The number of carbonyl (C=O) groups is 2. The second kappa shape index (κ2) is 6.17. The molecule has 1 aliphatic carbocycles. The fraction of sp³-hybridized carbons (Fsp3) is 0. The number of hydrogen-bond acceptors (Lipinski definition) is 5. The lowest BCUT2D eigenvalue weighted by Gasteiger charge is -2.17. The van der Waals surface area contributed by atoms with Crippen molar-refractivity contribution in [2.24, 2.45) is 0 Å². The molecule has 0 spiro atoms. The van der Waals surface area contributed by atoms with E-state index >= 15 is 0 Å². The summed E-state index contributed by atoms with van der Waals surface area (Å²) in [5.74, 6) is -0.297. The summed E-state index contributed by atoms with van der Waals surface area (Å²) >= 11 is 0. The maximum atomic E-state index is 11.9. The number of carbonyl (C=O) groups excluding carboxylic acids is 2. The number of rotatable bonds is 2. The van der Waals surface area contributed by atoms with Crippen LogP contribution in [0.1, 0.15) is 0 Å². The maximum absolute atomic E-state index is 11.9. The zero-order chi connectivity index (χ0) is 20.1. The molecule has 0 unspecified atom stereocenters. The fourth-order valence-corrected chi connectivity index (χ4v) is 3.60. The van der Waals surface area contributed by atoms with Gasteiger partial charge < -0.3 is 9.52 Å². The van der Waals surface area contributed by atoms with Crippen molar-refractivity contribution in [2.45, 2.75) is 0 Å². The molecule has 0 saturated heterocycles. The van der Waals surface area contributed by atoms with Crippen LogP contribution in [-0.4, -0.2) is 16.9 Å². The van der Waals surface area contributed by atoms with Gasteiger partial charge in [0, 0.05) is 40.8 Å². The highest BCUT2D eigenvalue weighted by molar-refractivity contribution is 6.28. The molecular formula is C23H13NO5. The number of phenolic OH excluding ortho intramolecular Hbond substituents is 1. The van der Waals surface area contributed by atoms with Gasteiger partial charge in [-0.1, -0.05) is 12.1 Å². The van der Waals surface area contributed by atoms with Crippen LogP contribution in [0.4, 0.5) is 5.69 Å². The lowest BCUT2D eigenvalue weighted by atomic mass is 9.93. The van der Waals surface area contributed by atoms with E-state index < -0.39 is 0 Å². The fourth-order valence-electron chi connectivity index (χ4n) is 3.60. The Morgan fingerprint density at radius 3 is 2.24 bits per heavy atom. The molecule has 5 rings (SSSR count). The normalized spacial score (nSPS) is 13.7. The van der Waals surface area contributed by atoms with E-state index in [9.17, 15) is 19.5 Å². The third kappa shape index (κ3) is 2.70. The van der Waals surface area contributed by atoms with Gasteiger partial charge in [-0.25, -0.2) is 4.90 Å². The van der Waals surface area contributed by atoms with Gasteiger partial charge in [0.1, 0.15) is 17.1 Å². The third-order valence-electron chi connectivity index (χ3n) is 4.90. The summed E-state index contributed by atoms with van der Waals surface area (Å²) in [5.41, 5.74) is 3.12. The summed E-state index contributed by atoms with van der Waals surface area (Å²) in [7, 11) is 0. The lowest BCUT2D eigenvalue weighted by molar-refractivity contribution is -0.119. The van der Waals surface area contributed by atoms with Gasteiger partial charge in [-0.2, -0.15) is 0 Å². The number of phenols is 1. The van der Waals surface area contributed by atoms with Crippen molar-refractivity contribution in [1.29, 1.82) is 0 Å². The van der Waals surface area contributed by atoms with Crippen LogP contribution in [0, 0.1) is 0 Å². The minimum absolute atomic E-state index is 0.0544. The second-order valence-corrected chi connectivity index (χ2v) is 6.71. The van der Waals surface area contributed by atoms with Gasteiger partial charge in [0.25, 0.3) is 11.8 Å². The first-order valence-corrected chi connectivity index (χ1v) is 8.87. The van der Waals surface area contributed by atoms with Crippen molar-refractivity contribution in [3.8, 4) is 28.2 Å². The Hall–Kier alpha value is -4.19. The van der Waals surface area contributed by atoms with Gasteiger partial charge in [0.05, 0.1) is 5.69 Å². The molecule has 6 nitrogen and oxygen atoms in total. The Morgan fingerprint density at radius 2 is 1.52 bits per heavy atom. The van der Waals surface area contributed by atoms with Crippen LogP contribution in [-0.2, 0) is 9.59 Å². The number of imide groups is 1. The minimum Gasteiger partial charge on any atom is -0.508 e. The van der Waals surface area contributed by atoms with Gasteiger partial charge in [0.15, 0.2) is 5.43 Å². The monoisotopic (exact) mass is 383 g/mol.